The Labute approximate surface area is 135 Å². The molecule has 1 aliphatic heterocycles. The quantitative estimate of drug-likeness (QED) is 0.557. The maximum atomic E-state index is 11.5. The summed E-state index contributed by atoms with van der Waals surface area (Å²) in [4.78, 5) is 22.5. The van der Waals surface area contributed by atoms with Crippen LogP contribution in [0.15, 0.2) is 0 Å². The Hall–Kier alpha value is -0.300. The van der Waals surface area contributed by atoms with Crippen LogP contribution < -0.4 is 40.0 Å². The van der Waals surface area contributed by atoms with E-state index in [0.29, 0.717) is 13.2 Å². The van der Waals surface area contributed by atoms with Crippen molar-refractivity contribution in [2.45, 2.75) is 45.8 Å². The number of hydrogen-bond acceptors (Lipinski definition) is 5. The zero-order chi connectivity index (χ0) is 14.0. The second-order valence-electron chi connectivity index (χ2n) is 6.03. The van der Waals surface area contributed by atoms with Crippen LogP contribution >= 0.6 is 0 Å². The Morgan fingerprint density at radius 2 is 1.95 bits per heavy atom. The molecule has 104 valence electrons. The molecule has 0 aromatic heterocycles. The zero-order valence-corrected chi connectivity index (χ0v) is 14.2. The van der Waals surface area contributed by atoms with Gasteiger partial charge in [0, 0.05) is 5.41 Å². The summed E-state index contributed by atoms with van der Waals surface area (Å²) in [5, 5.41) is 13.3. The molecule has 1 atom stereocenters. The van der Waals surface area contributed by atoms with Gasteiger partial charge < -0.3 is 24.7 Å². The van der Waals surface area contributed by atoms with Crippen LogP contribution in [-0.4, -0.2) is 36.9 Å². The third-order valence-electron chi connectivity index (χ3n) is 2.57. The molecular weight excluding hydrogens is 261 g/mol. The zero-order valence-electron chi connectivity index (χ0n) is 12.2. The summed E-state index contributed by atoms with van der Waals surface area (Å²) < 4.78 is 10.1. The van der Waals surface area contributed by atoms with Crippen LogP contribution in [0.3, 0.4) is 0 Å². The van der Waals surface area contributed by atoms with Crippen molar-refractivity contribution >= 4 is 12.1 Å². The average molecular weight is 281 g/mol. The molecule has 0 aromatic carbocycles. The first-order chi connectivity index (χ1) is 8.11. The maximum absolute atomic E-state index is 11.5. The van der Waals surface area contributed by atoms with Crippen molar-refractivity contribution in [2.75, 3.05) is 13.2 Å². The summed E-state index contributed by atoms with van der Waals surface area (Å²) in [5.41, 5.74) is -0.885. The van der Waals surface area contributed by atoms with Crippen LogP contribution in [0.5, 0.6) is 0 Å². The Kier molecular flexibility index (Phi) is 6.82. The molecule has 1 unspecified atom stereocenters. The molecule has 1 N–H and O–H groups in total. The van der Waals surface area contributed by atoms with Gasteiger partial charge in [0.15, 0.2) is 0 Å². The minimum atomic E-state index is -1.31. The number of carbonyl (C=O) groups is 2. The van der Waals surface area contributed by atoms with Gasteiger partial charge in [0.25, 0.3) is 0 Å². The third kappa shape index (κ3) is 6.61. The summed E-state index contributed by atoms with van der Waals surface area (Å²) in [6.07, 6.45) is -0.477. The number of rotatable bonds is 4. The van der Waals surface area contributed by atoms with E-state index in [9.17, 15) is 14.7 Å². The molecule has 0 aromatic rings. The second kappa shape index (κ2) is 6.92. The Morgan fingerprint density at radius 3 is 2.26 bits per heavy atom. The number of carbonyl (C=O) groups excluding carboxylic acids is 2. The van der Waals surface area contributed by atoms with E-state index >= 15 is 0 Å². The fourth-order valence-corrected chi connectivity index (χ4v) is 1.70. The van der Waals surface area contributed by atoms with Crippen LogP contribution in [0.25, 0.3) is 0 Å². The number of alkyl carbamates (subject to hydrolysis) is 1. The molecule has 0 radical (unpaired) electrons. The number of ether oxygens (including phenoxy) is 2. The molecule has 1 amide bonds. The molecule has 7 heteroatoms. The maximum Gasteiger partial charge on any atom is 1.00 e. The smallest absolute Gasteiger partial charge is 0.548 e. The van der Waals surface area contributed by atoms with Crippen LogP contribution in [0.4, 0.5) is 4.79 Å². The number of nitrogens with one attached hydrogen (secondary N) is 1. The van der Waals surface area contributed by atoms with E-state index < -0.39 is 23.7 Å². The molecule has 1 heterocycles. The Morgan fingerprint density at radius 1 is 1.42 bits per heavy atom. The number of amides is 1. The summed E-state index contributed by atoms with van der Waals surface area (Å²) in [7, 11) is 0. The number of aliphatic carboxylic acids is 1. The van der Waals surface area contributed by atoms with E-state index in [1.165, 1.54) is 0 Å². The van der Waals surface area contributed by atoms with Crippen molar-refractivity contribution in [1.29, 1.82) is 0 Å². The predicted molar refractivity (Wildman–Crippen MR) is 61.7 cm³/mol. The first-order valence-corrected chi connectivity index (χ1v) is 5.89. The predicted octanol–water partition coefficient (Wildman–Crippen LogP) is -2.94. The van der Waals surface area contributed by atoms with Crippen molar-refractivity contribution in [1.82, 2.24) is 5.32 Å². The first-order valence-electron chi connectivity index (χ1n) is 5.89. The van der Waals surface area contributed by atoms with Gasteiger partial charge in [-0.1, -0.05) is 6.92 Å². The largest absolute Gasteiger partial charge is 1.00 e. The van der Waals surface area contributed by atoms with Gasteiger partial charge >= 0.3 is 35.7 Å². The van der Waals surface area contributed by atoms with Gasteiger partial charge in [-0.25, -0.2) is 4.79 Å². The molecular formula is C12H20NNaO5. The normalized spacial score (nSPS) is 18.5. The van der Waals surface area contributed by atoms with Gasteiger partial charge in [-0.05, 0) is 27.2 Å². The molecule has 1 saturated heterocycles. The number of carboxylic acid groups (broad SMARTS) is 1. The second-order valence-corrected chi connectivity index (χ2v) is 6.03. The van der Waals surface area contributed by atoms with E-state index in [1.54, 1.807) is 20.8 Å². The SMILES string of the molecule is CC1(CC(NC(=O)OC(C)(C)C)C(=O)[O-])COC1.[Na+]. The number of carboxylic acids is 1. The van der Waals surface area contributed by atoms with Crippen LogP contribution in [0.1, 0.15) is 34.1 Å². The Bertz CT molecular complexity index is 336. The molecule has 0 bridgehead atoms. The summed E-state index contributed by atoms with van der Waals surface area (Å²) in [6, 6.07) is -1.06. The third-order valence-corrected chi connectivity index (χ3v) is 2.57. The molecule has 19 heavy (non-hydrogen) atoms. The molecule has 6 nitrogen and oxygen atoms in total. The van der Waals surface area contributed by atoms with Crippen LogP contribution in [0.2, 0.25) is 0 Å². The molecule has 1 rings (SSSR count). The summed E-state index contributed by atoms with van der Waals surface area (Å²) >= 11 is 0. The van der Waals surface area contributed by atoms with Crippen molar-refractivity contribution in [3.63, 3.8) is 0 Å². The fourth-order valence-electron chi connectivity index (χ4n) is 1.70. The minimum absolute atomic E-state index is 0. The van der Waals surface area contributed by atoms with Crippen LogP contribution in [0, 0.1) is 5.41 Å². The first kappa shape index (κ1) is 18.7. The summed E-state index contributed by atoms with van der Waals surface area (Å²) in [6.45, 7) is 8.02. The van der Waals surface area contributed by atoms with Crippen molar-refractivity contribution in [2.24, 2.45) is 5.41 Å². The monoisotopic (exact) mass is 281 g/mol. The molecule has 1 fully saturated rings. The van der Waals surface area contributed by atoms with Gasteiger partial charge in [-0.15, -0.1) is 0 Å². The fraction of sp³-hybridized carbons (Fsp3) is 0.833. The van der Waals surface area contributed by atoms with Gasteiger partial charge in [-0.3, -0.25) is 0 Å². The van der Waals surface area contributed by atoms with E-state index in [1.807, 2.05) is 6.92 Å². The summed E-state index contributed by atoms with van der Waals surface area (Å²) in [5.74, 6) is -1.31. The minimum Gasteiger partial charge on any atom is -0.548 e. The number of hydrogen-bond donors (Lipinski definition) is 1. The van der Waals surface area contributed by atoms with Crippen molar-refractivity contribution < 1.29 is 53.7 Å². The van der Waals surface area contributed by atoms with Gasteiger partial charge in [-0.2, -0.15) is 0 Å². The van der Waals surface area contributed by atoms with Crippen molar-refractivity contribution in [3.05, 3.63) is 0 Å². The van der Waals surface area contributed by atoms with E-state index in [-0.39, 0.29) is 41.4 Å². The molecule has 0 aliphatic carbocycles. The van der Waals surface area contributed by atoms with Gasteiger partial charge in [0.2, 0.25) is 0 Å². The van der Waals surface area contributed by atoms with Crippen molar-refractivity contribution in [3.8, 4) is 0 Å². The molecule has 1 aliphatic rings. The molecule has 0 spiro atoms. The van der Waals surface area contributed by atoms with Gasteiger partial charge in [0.1, 0.15) is 5.60 Å². The van der Waals surface area contributed by atoms with E-state index in [0.717, 1.165) is 0 Å². The topological polar surface area (TPSA) is 87.7 Å². The van der Waals surface area contributed by atoms with Crippen LogP contribution in [-0.2, 0) is 14.3 Å². The van der Waals surface area contributed by atoms with Gasteiger partial charge in [0.05, 0.1) is 25.2 Å². The standard InChI is InChI=1S/C12H21NO5.Na/c1-11(2,3)18-10(16)13-8(9(14)15)5-12(4)6-17-7-12;/h8H,5-7H2,1-4H3,(H,13,16)(H,14,15);/q;+1/p-1. The molecule has 0 saturated carbocycles. The van der Waals surface area contributed by atoms with E-state index in [2.05, 4.69) is 5.32 Å². The Balaban J connectivity index is 0.00000324. The average Bonchev–Trinajstić information content (AvgIpc) is 2.10. The van der Waals surface area contributed by atoms with E-state index in [4.69, 9.17) is 9.47 Å².